The lowest BCUT2D eigenvalue weighted by Crippen LogP contribution is -2.44. The number of esters is 2. The Morgan fingerprint density at radius 3 is 1.33 bits per heavy atom. The van der Waals surface area contributed by atoms with Gasteiger partial charge in [-0.2, -0.15) is 17.6 Å². The SMILES string of the molecule is COC(=O)C(F)(F)OC(F)(F)C(=O)OC. The zero-order valence-corrected chi connectivity index (χ0v) is 7.55. The van der Waals surface area contributed by atoms with Crippen molar-refractivity contribution in [3.05, 3.63) is 0 Å². The summed E-state index contributed by atoms with van der Waals surface area (Å²) in [5.74, 6) is -4.71. The van der Waals surface area contributed by atoms with Crippen molar-refractivity contribution < 1.29 is 41.4 Å². The molecule has 0 fully saturated rings. The van der Waals surface area contributed by atoms with E-state index in [4.69, 9.17) is 0 Å². The van der Waals surface area contributed by atoms with Gasteiger partial charge in [0, 0.05) is 0 Å². The van der Waals surface area contributed by atoms with Crippen molar-refractivity contribution in [3.63, 3.8) is 0 Å². The molecule has 0 aromatic carbocycles. The van der Waals surface area contributed by atoms with E-state index >= 15 is 0 Å². The lowest BCUT2D eigenvalue weighted by Gasteiger charge is -2.19. The van der Waals surface area contributed by atoms with Gasteiger partial charge >= 0.3 is 24.2 Å². The van der Waals surface area contributed by atoms with Gasteiger partial charge in [-0.3, -0.25) is 0 Å². The first kappa shape index (κ1) is 13.6. The smallest absolute Gasteiger partial charge is 0.461 e. The quantitative estimate of drug-likeness (QED) is 0.524. The molecule has 0 aliphatic heterocycles. The fourth-order valence-electron chi connectivity index (χ4n) is 0.482. The summed E-state index contributed by atoms with van der Waals surface area (Å²) in [6.45, 7) is 0. The van der Waals surface area contributed by atoms with Gasteiger partial charge in [0.15, 0.2) is 0 Å². The average molecular weight is 234 g/mol. The molecule has 0 unspecified atom stereocenters. The van der Waals surface area contributed by atoms with Crippen molar-refractivity contribution in [2.24, 2.45) is 0 Å². The van der Waals surface area contributed by atoms with Crippen LogP contribution >= 0.6 is 0 Å². The minimum Gasteiger partial charge on any atom is -0.463 e. The molecule has 0 saturated carbocycles. The summed E-state index contributed by atoms with van der Waals surface area (Å²) in [5.41, 5.74) is 0. The Morgan fingerprint density at radius 2 is 1.13 bits per heavy atom. The standard InChI is InChI=1S/C6H6F4O5/c1-13-3(11)5(7,8)15-6(9,10)4(12)14-2/h1-2H3. The Balaban J connectivity index is 4.71. The Morgan fingerprint density at radius 1 is 0.867 bits per heavy atom. The fraction of sp³-hybridized carbons (Fsp3) is 0.667. The van der Waals surface area contributed by atoms with Crippen molar-refractivity contribution in [2.75, 3.05) is 14.2 Å². The van der Waals surface area contributed by atoms with Gasteiger partial charge in [0.1, 0.15) is 0 Å². The molecule has 0 N–H and O–H groups in total. The third-order valence-corrected chi connectivity index (χ3v) is 1.10. The van der Waals surface area contributed by atoms with Crippen LogP contribution in [0.5, 0.6) is 0 Å². The molecule has 0 aromatic rings. The van der Waals surface area contributed by atoms with Gasteiger partial charge < -0.3 is 9.47 Å². The monoisotopic (exact) mass is 234 g/mol. The molecule has 9 heteroatoms. The van der Waals surface area contributed by atoms with Crippen LogP contribution in [0.25, 0.3) is 0 Å². The number of ether oxygens (including phenoxy) is 3. The Kier molecular flexibility index (Phi) is 4.02. The maximum Gasteiger partial charge on any atom is 0.461 e. The molecular weight excluding hydrogens is 228 g/mol. The predicted octanol–water partition coefficient (Wildman–Crippen LogP) is 0.535. The van der Waals surface area contributed by atoms with Gasteiger partial charge in [-0.25, -0.2) is 14.3 Å². The van der Waals surface area contributed by atoms with Crippen molar-refractivity contribution in [1.29, 1.82) is 0 Å². The Labute approximate surface area is 80.9 Å². The second-order valence-corrected chi connectivity index (χ2v) is 2.12. The Hall–Kier alpha value is -1.38. The fourth-order valence-corrected chi connectivity index (χ4v) is 0.482. The number of hydrogen-bond acceptors (Lipinski definition) is 5. The minimum atomic E-state index is -4.94. The molecule has 88 valence electrons. The number of carbonyl (C=O) groups excluding carboxylic acids is 2. The van der Waals surface area contributed by atoms with E-state index in [1.165, 1.54) is 0 Å². The number of halogens is 4. The van der Waals surface area contributed by atoms with Crippen LogP contribution in [0.4, 0.5) is 17.6 Å². The summed E-state index contributed by atoms with van der Waals surface area (Å²) in [4.78, 5) is 20.5. The molecule has 0 heterocycles. The first-order chi connectivity index (χ1) is 6.67. The van der Waals surface area contributed by atoms with E-state index < -0.39 is 24.2 Å². The van der Waals surface area contributed by atoms with Crippen LogP contribution in [0.3, 0.4) is 0 Å². The molecule has 0 spiro atoms. The summed E-state index contributed by atoms with van der Waals surface area (Å²) >= 11 is 0. The van der Waals surface area contributed by atoms with Gasteiger partial charge in [0.2, 0.25) is 0 Å². The topological polar surface area (TPSA) is 61.8 Å². The van der Waals surface area contributed by atoms with Crippen LogP contribution in [-0.2, 0) is 23.8 Å². The second kappa shape index (κ2) is 4.43. The van der Waals surface area contributed by atoms with E-state index in [9.17, 15) is 27.2 Å². The maximum absolute atomic E-state index is 12.4. The second-order valence-electron chi connectivity index (χ2n) is 2.12. The van der Waals surface area contributed by atoms with Crippen LogP contribution < -0.4 is 0 Å². The maximum atomic E-state index is 12.4. The summed E-state index contributed by atoms with van der Waals surface area (Å²) < 4.78 is 59.4. The molecule has 0 aliphatic carbocycles. The highest BCUT2D eigenvalue weighted by Crippen LogP contribution is 2.28. The highest BCUT2D eigenvalue weighted by molar-refractivity contribution is 5.78. The molecule has 0 amide bonds. The Bertz CT molecular complexity index is 238. The van der Waals surface area contributed by atoms with E-state index in [2.05, 4.69) is 14.2 Å². The van der Waals surface area contributed by atoms with E-state index in [-0.39, 0.29) is 0 Å². The summed E-state index contributed by atoms with van der Waals surface area (Å²) in [6.07, 6.45) is -9.88. The lowest BCUT2D eigenvalue weighted by molar-refractivity contribution is -0.353. The number of rotatable bonds is 4. The van der Waals surface area contributed by atoms with Crippen LogP contribution in [0.2, 0.25) is 0 Å². The zero-order valence-electron chi connectivity index (χ0n) is 7.55. The summed E-state index contributed by atoms with van der Waals surface area (Å²) in [5, 5.41) is 0. The lowest BCUT2D eigenvalue weighted by atomic mass is 10.5. The molecule has 0 aliphatic rings. The van der Waals surface area contributed by atoms with Gasteiger partial charge in [0.25, 0.3) is 0 Å². The minimum absolute atomic E-state index is 0.538. The number of carbonyl (C=O) groups is 2. The van der Waals surface area contributed by atoms with E-state index in [0.717, 1.165) is 0 Å². The van der Waals surface area contributed by atoms with Crippen LogP contribution in [-0.4, -0.2) is 38.4 Å². The van der Waals surface area contributed by atoms with Crippen LogP contribution in [0.1, 0.15) is 0 Å². The zero-order chi connectivity index (χ0) is 12.3. The average Bonchev–Trinajstić information content (AvgIpc) is 2.13. The molecule has 0 saturated heterocycles. The largest absolute Gasteiger partial charge is 0.463 e. The van der Waals surface area contributed by atoms with Gasteiger partial charge in [-0.1, -0.05) is 0 Å². The summed E-state index contributed by atoms with van der Waals surface area (Å²) in [6, 6.07) is 0. The van der Waals surface area contributed by atoms with Crippen molar-refractivity contribution in [2.45, 2.75) is 12.2 Å². The number of alkyl halides is 4. The number of methoxy groups -OCH3 is 2. The molecule has 15 heavy (non-hydrogen) atoms. The van der Waals surface area contributed by atoms with Crippen LogP contribution in [0, 0.1) is 0 Å². The first-order valence-electron chi connectivity index (χ1n) is 3.30. The molecule has 0 rings (SSSR count). The molecule has 0 bridgehead atoms. The van der Waals surface area contributed by atoms with E-state index in [0.29, 0.717) is 14.2 Å². The van der Waals surface area contributed by atoms with Crippen molar-refractivity contribution in [3.8, 4) is 0 Å². The highest BCUT2D eigenvalue weighted by Gasteiger charge is 2.56. The van der Waals surface area contributed by atoms with E-state index in [1.807, 2.05) is 0 Å². The van der Waals surface area contributed by atoms with E-state index in [1.54, 1.807) is 0 Å². The molecule has 0 atom stereocenters. The third-order valence-electron chi connectivity index (χ3n) is 1.10. The molecular formula is C6H6F4O5. The highest BCUT2D eigenvalue weighted by atomic mass is 19.3. The van der Waals surface area contributed by atoms with Gasteiger partial charge in [0.05, 0.1) is 14.2 Å². The van der Waals surface area contributed by atoms with Crippen molar-refractivity contribution >= 4 is 11.9 Å². The molecule has 5 nitrogen and oxygen atoms in total. The van der Waals surface area contributed by atoms with Gasteiger partial charge in [-0.05, 0) is 0 Å². The molecule has 0 radical (unpaired) electrons. The van der Waals surface area contributed by atoms with Crippen molar-refractivity contribution in [1.82, 2.24) is 0 Å². The summed E-state index contributed by atoms with van der Waals surface area (Å²) in [7, 11) is 1.08. The van der Waals surface area contributed by atoms with Gasteiger partial charge in [-0.15, -0.1) is 0 Å². The van der Waals surface area contributed by atoms with Crippen LogP contribution in [0.15, 0.2) is 0 Å². The third kappa shape index (κ3) is 3.35. The number of hydrogen-bond donors (Lipinski definition) is 0. The first-order valence-corrected chi connectivity index (χ1v) is 3.30. The normalized spacial score (nSPS) is 12.1. The predicted molar refractivity (Wildman–Crippen MR) is 35.0 cm³/mol. The molecule has 0 aromatic heterocycles.